The van der Waals surface area contributed by atoms with Crippen LogP contribution in [0.1, 0.15) is 25.0 Å². The monoisotopic (exact) mass is 1370 g/mol. The normalized spacial score (nSPS) is 13.5. The van der Waals surface area contributed by atoms with Gasteiger partial charge in [0, 0.05) is 58.4 Å². The number of para-hydroxylation sites is 6. The van der Waals surface area contributed by atoms with Crippen molar-refractivity contribution in [3.8, 4) is 39.3 Å². The quantitative estimate of drug-likeness (QED) is 0.157. The van der Waals surface area contributed by atoms with E-state index >= 15 is 0 Å². The zero-order chi connectivity index (χ0) is 57.5. The van der Waals surface area contributed by atoms with Crippen LogP contribution >= 0.6 is 47.8 Å². The summed E-state index contributed by atoms with van der Waals surface area (Å²) in [6.45, 7) is 9.63. The Morgan fingerprint density at radius 3 is 1.35 bits per heavy atom. The Bertz CT molecular complexity index is 5180. The zero-order valence-electron chi connectivity index (χ0n) is 47.1. The Kier molecular flexibility index (Phi) is 12.5. The molecular formula is C77H54Br3N3SeSi. The largest absolute Gasteiger partial charge is 0.309 e. The van der Waals surface area contributed by atoms with Gasteiger partial charge < -0.3 is 9.13 Å². The number of rotatable bonds is 3. The molecule has 0 amide bonds. The summed E-state index contributed by atoms with van der Waals surface area (Å²) in [5, 5.41) is 13.7. The summed E-state index contributed by atoms with van der Waals surface area (Å²) in [6.07, 6.45) is 0. The Morgan fingerprint density at radius 1 is 0.376 bits per heavy atom. The van der Waals surface area contributed by atoms with Crippen molar-refractivity contribution in [1.29, 1.82) is 0 Å². The molecule has 85 heavy (non-hydrogen) atoms. The number of hydrogen-bond acceptors (Lipinski definition) is 0. The summed E-state index contributed by atoms with van der Waals surface area (Å²) in [5.74, 6) is 0. The molecule has 0 N–H and O–H groups in total. The summed E-state index contributed by atoms with van der Waals surface area (Å²) in [6, 6.07) is 92.2. The molecule has 1 aliphatic heterocycles. The van der Waals surface area contributed by atoms with E-state index in [9.17, 15) is 0 Å². The van der Waals surface area contributed by atoms with E-state index in [1.807, 2.05) is 0 Å². The number of aromatic nitrogens is 3. The fraction of sp³-hybridized carbons (Fsp3) is 0.0649. The van der Waals surface area contributed by atoms with E-state index in [0.717, 1.165) is 0 Å². The minimum Gasteiger partial charge on any atom is -0.309 e. The molecule has 3 nitrogen and oxygen atoms in total. The Balaban J connectivity index is 0.000000104. The van der Waals surface area contributed by atoms with Crippen LogP contribution in [0.25, 0.3) is 124 Å². The third kappa shape index (κ3) is 7.92. The molecule has 16 aromatic rings. The van der Waals surface area contributed by atoms with Gasteiger partial charge in [-0.3, -0.25) is 0 Å². The molecule has 0 spiro atoms. The van der Waals surface area contributed by atoms with Crippen LogP contribution in [0.4, 0.5) is 0 Å². The second-order valence-corrected chi connectivity index (χ2v) is 32.5. The molecule has 0 saturated heterocycles. The van der Waals surface area contributed by atoms with Gasteiger partial charge >= 0.3 is 171 Å². The van der Waals surface area contributed by atoms with Crippen LogP contribution < -0.4 is 10.4 Å². The van der Waals surface area contributed by atoms with Crippen LogP contribution in [0.5, 0.6) is 0 Å². The van der Waals surface area contributed by atoms with E-state index in [2.05, 4.69) is 343 Å². The van der Waals surface area contributed by atoms with Crippen LogP contribution in [0.3, 0.4) is 0 Å². The maximum atomic E-state index is 3.98. The van der Waals surface area contributed by atoms with Crippen LogP contribution in [0.2, 0.25) is 13.1 Å². The predicted octanol–water partition coefficient (Wildman–Crippen LogP) is 21.1. The van der Waals surface area contributed by atoms with Crippen molar-refractivity contribution in [3.05, 3.63) is 279 Å². The fourth-order valence-corrected chi connectivity index (χ4v) is 23.8. The van der Waals surface area contributed by atoms with Crippen molar-refractivity contribution in [2.45, 2.75) is 32.4 Å². The molecule has 0 unspecified atom stereocenters. The van der Waals surface area contributed by atoms with Crippen molar-refractivity contribution in [3.63, 3.8) is 0 Å². The van der Waals surface area contributed by atoms with Crippen molar-refractivity contribution < 1.29 is 0 Å². The van der Waals surface area contributed by atoms with E-state index in [-0.39, 0.29) is 5.41 Å². The average molecular weight is 1370 g/mol. The number of benzene rings is 12. The SMILES string of the molecule is Brc1cc2c3ccccc3n(-c3ccccc3)c2c2c1[se]c1ccccc12.CC1(C)c2ccccc2-c2c1c(Br)cc1c3ccccc3n(-c3ccccc3)c21.C[Si]1(C)c2ccccc2-c2c1c(Br)cc1c3ccccc3n(-c3ccccc3)c21. The van der Waals surface area contributed by atoms with Crippen molar-refractivity contribution >= 4 is 165 Å². The predicted molar refractivity (Wildman–Crippen MR) is 377 cm³/mol. The fourth-order valence-electron chi connectivity index (χ4n) is 14.5. The van der Waals surface area contributed by atoms with Crippen LogP contribution in [0, 0.1) is 0 Å². The summed E-state index contributed by atoms with van der Waals surface area (Å²) < 4.78 is 13.9. The number of nitrogens with zero attached hydrogens (tertiary/aromatic N) is 3. The van der Waals surface area contributed by atoms with Gasteiger partial charge in [-0.15, -0.1) is 0 Å². The molecule has 0 saturated carbocycles. The van der Waals surface area contributed by atoms with Crippen LogP contribution in [0.15, 0.2) is 268 Å². The summed E-state index contributed by atoms with van der Waals surface area (Å²) in [7, 11) is -1.78. The van der Waals surface area contributed by atoms with Gasteiger partial charge in [-0.25, -0.2) is 0 Å². The molecule has 5 heterocycles. The van der Waals surface area contributed by atoms with Crippen LogP contribution in [-0.4, -0.2) is 36.3 Å². The second-order valence-electron chi connectivity index (χ2n) is 23.5. The van der Waals surface area contributed by atoms with Crippen molar-refractivity contribution in [2.24, 2.45) is 0 Å². The first-order valence-corrected chi connectivity index (χ1v) is 36.0. The van der Waals surface area contributed by atoms with Crippen molar-refractivity contribution in [1.82, 2.24) is 13.7 Å². The Hall–Kier alpha value is -7.78. The van der Waals surface area contributed by atoms with Gasteiger partial charge in [-0.2, -0.15) is 0 Å². The van der Waals surface area contributed by atoms with Crippen molar-refractivity contribution in [2.75, 3.05) is 0 Å². The Morgan fingerprint density at radius 2 is 0.788 bits per heavy atom. The van der Waals surface area contributed by atoms with E-state index in [1.54, 1.807) is 0 Å². The molecule has 18 rings (SSSR count). The van der Waals surface area contributed by atoms with Gasteiger partial charge in [0.15, 0.2) is 0 Å². The first kappa shape index (κ1) is 52.7. The minimum atomic E-state index is -1.78. The molecule has 0 atom stereocenters. The van der Waals surface area contributed by atoms with Gasteiger partial charge in [0.1, 0.15) is 8.07 Å². The van der Waals surface area contributed by atoms with Gasteiger partial charge in [0.05, 0.1) is 22.1 Å². The molecule has 8 heteroatoms. The number of fused-ring (bicyclic) bond motifs is 21. The van der Waals surface area contributed by atoms with E-state index in [1.165, 1.54) is 159 Å². The molecule has 1 aliphatic carbocycles. The molecule has 408 valence electrons. The minimum absolute atomic E-state index is 0.0447. The van der Waals surface area contributed by atoms with Crippen LogP contribution in [-0.2, 0) is 5.41 Å². The van der Waals surface area contributed by atoms with Gasteiger partial charge in [0.25, 0.3) is 0 Å². The summed E-state index contributed by atoms with van der Waals surface area (Å²) in [5.41, 5.74) is 19.6. The summed E-state index contributed by atoms with van der Waals surface area (Å²) >= 11 is 12.1. The first-order chi connectivity index (χ1) is 41.5. The number of hydrogen-bond donors (Lipinski definition) is 0. The molecule has 12 aromatic carbocycles. The zero-order valence-corrected chi connectivity index (χ0v) is 54.6. The third-order valence-corrected chi connectivity index (χ3v) is 27.0. The molecule has 0 radical (unpaired) electrons. The standard InChI is InChI=1S/C27H20BrN.C26H20BrNSi.C24H14BrNSe/c1-27(2)21-14-8-6-13-19(21)24-25(27)22(28)16-20-18-12-7-9-15-23(18)29(26(20)24)17-10-4-3-5-11-17;1-29(2)23-15-9-7-13-19(23)24-25-20(16-21(27)26(24)29)18-12-6-8-14-22(18)28(25)17-10-4-3-5-11-17;25-19-14-18-16-10-4-6-12-20(16)26(15-8-2-1-3-9-15)23(18)22-17-11-5-7-13-21(17)27-24(19)22/h2*3-16H,1-2H3;1-14H. The number of halogens is 3. The topological polar surface area (TPSA) is 14.8 Å². The third-order valence-electron chi connectivity index (χ3n) is 18.1. The smallest absolute Gasteiger partial charge is 0.115 e. The summed E-state index contributed by atoms with van der Waals surface area (Å²) in [4.78, 5) is 0. The van der Waals surface area contributed by atoms with E-state index < -0.39 is 8.07 Å². The molecule has 4 aromatic heterocycles. The van der Waals surface area contributed by atoms with Gasteiger partial charge in [-0.1, -0.05) is 180 Å². The maximum absolute atomic E-state index is 3.98. The molecule has 0 fully saturated rings. The first-order valence-electron chi connectivity index (χ1n) is 28.9. The molecule has 2 aliphatic rings. The van der Waals surface area contributed by atoms with E-state index in [0.29, 0.717) is 14.5 Å². The molecular weight excluding hydrogens is 1310 g/mol. The van der Waals surface area contributed by atoms with E-state index in [4.69, 9.17) is 0 Å². The average Bonchev–Trinajstić information content (AvgIpc) is 3.28. The van der Waals surface area contributed by atoms with Gasteiger partial charge in [0.2, 0.25) is 0 Å². The molecule has 0 bridgehead atoms. The second kappa shape index (κ2) is 20.2. The maximum Gasteiger partial charge on any atom is 0.115 e. The van der Waals surface area contributed by atoms with Gasteiger partial charge in [-0.05, 0) is 81.2 Å². The Labute approximate surface area is 525 Å².